The first-order valence-corrected chi connectivity index (χ1v) is 1.56. The molecule has 0 rings (SSSR count). The first-order valence-electron chi connectivity index (χ1n) is 1.56. The second-order valence-corrected chi connectivity index (χ2v) is 0.408. The molecule has 0 aromatic carbocycles. The molecular weight excluding hydrogens is 82.0 g/mol. The molecule has 6 heavy (non-hydrogen) atoms. The van der Waals surface area contributed by atoms with Gasteiger partial charge in [-0.15, -0.1) is 0 Å². The average molecular weight is 95.1 g/mol. The summed E-state index contributed by atoms with van der Waals surface area (Å²) < 4.78 is 0. The summed E-state index contributed by atoms with van der Waals surface area (Å²) in [5.41, 5.74) is 4.85. The van der Waals surface area contributed by atoms with Gasteiger partial charge in [0.1, 0.15) is 0 Å². The van der Waals surface area contributed by atoms with E-state index in [4.69, 9.17) is 10.8 Å². The van der Waals surface area contributed by atoms with E-state index in [9.17, 15) is 0 Å². The van der Waals surface area contributed by atoms with Gasteiger partial charge in [-0.1, -0.05) is 6.92 Å². The normalized spacial score (nSPS) is 4.00. The summed E-state index contributed by atoms with van der Waals surface area (Å²) in [5, 5.41) is 7.00. The van der Waals surface area contributed by atoms with Crippen molar-refractivity contribution in [2.24, 2.45) is 5.73 Å². The lowest BCUT2D eigenvalue weighted by atomic mass is 10.8. The third kappa shape index (κ3) is 2230. The van der Waals surface area contributed by atoms with Crippen LogP contribution in [0, 0.1) is 0 Å². The largest absolute Gasteiger partial charge is 0.412 e. The molecule has 3 nitrogen and oxygen atoms in total. The number of aliphatic hydroxyl groups is 1. The molecule has 0 aromatic rings. The Morgan fingerprint density at radius 2 is 1.50 bits per heavy atom. The highest BCUT2D eigenvalue weighted by Gasteiger charge is 1.32. The van der Waals surface area contributed by atoms with Crippen LogP contribution in [0.5, 0.6) is 0 Å². The Balaban J connectivity index is -0.0000000275. The van der Waals surface area contributed by atoms with Gasteiger partial charge in [0.25, 0.3) is 0 Å². The summed E-state index contributed by atoms with van der Waals surface area (Å²) >= 11 is 0. The Bertz CT molecular complexity index is 8.75. The fourth-order valence-electron chi connectivity index (χ4n) is 0. The van der Waals surface area contributed by atoms with E-state index < -0.39 is 0 Å². The summed E-state index contributed by atoms with van der Waals surface area (Å²) in [4.78, 5) is 0. The van der Waals surface area contributed by atoms with Crippen LogP contribution in [0.1, 0.15) is 6.92 Å². The number of aliphatic hydroxyl groups excluding tert-OH is 1. The topological polar surface area (TPSA) is 77.8 Å². The van der Waals surface area contributed by atoms with Crippen LogP contribution in [-0.2, 0) is 0 Å². The van der Waals surface area contributed by atoms with Crippen molar-refractivity contribution in [3.05, 3.63) is 0 Å². The molecule has 0 amide bonds. The van der Waals surface area contributed by atoms with E-state index in [1.807, 2.05) is 6.92 Å². The lowest BCUT2D eigenvalue weighted by Gasteiger charge is -1.53. The number of hydrogen-bond donors (Lipinski definition) is 2. The maximum atomic E-state index is 7.00. The molecule has 42 valence electrons. The van der Waals surface area contributed by atoms with E-state index in [1.54, 1.807) is 0 Å². The third-order valence-electron chi connectivity index (χ3n) is 0. The van der Waals surface area contributed by atoms with E-state index in [0.717, 1.165) is 13.7 Å². The molecule has 0 radical (unpaired) electrons. The van der Waals surface area contributed by atoms with Crippen LogP contribution in [-0.4, -0.2) is 24.2 Å². The average Bonchev–Trinajstić information content (AvgIpc) is 1.46. The Hall–Kier alpha value is -0.120. The Labute approximate surface area is 38.1 Å². The van der Waals surface area contributed by atoms with Gasteiger partial charge < -0.3 is 16.3 Å². The van der Waals surface area contributed by atoms with Crippen LogP contribution in [0.2, 0.25) is 0 Å². The van der Waals surface area contributed by atoms with Crippen molar-refractivity contribution in [1.82, 2.24) is 0 Å². The zero-order chi connectivity index (χ0) is 4.71. The summed E-state index contributed by atoms with van der Waals surface area (Å²) in [6.07, 6.45) is 0. The predicted molar refractivity (Wildman–Crippen MR) is 26.5 cm³/mol. The number of hydrogen-bond acceptors (Lipinski definition) is 2. The van der Waals surface area contributed by atoms with Crippen molar-refractivity contribution >= 4 is 0 Å². The van der Waals surface area contributed by atoms with E-state index in [-0.39, 0.29) is 5.48 Å². The molecule has 0 aliphatic carbocycles. The predicted octanol–water partition coefficient (Wildman–Crippen LogP) is -1.25. The minimum absolute atomic E-state index is 0. The lowest BCUT2D eigenvalue weighted by Crippen LogP contribution is -1.87. The van der Waals surface area contributed by atoms with Gasteiger partial charge in [-0.2, -0.15) is 0 Å². The fraction of sp³-hybridized carbons (Fsp3) is 1.00. The second-order valence-electron chi connectivity index (χ2n) is 0.408. The molecule has 0 bridgehead atoms. The van der Waals surface area contributed by atoms with Crippen LogP contribution in [0.4, 0.5) is 0 Å². The molecular formula is C3H13NO2. The molecule has 0 spiro atoms. The molecule has 0 aliphatic rings. The maximum absolute atomic E-state index is 7.00. The Kier molecular flexibility index (Phi) is 267. The van der Waals surface area contributed by atoms with E-state index in [2.05, 4.69) is 0 Å². The smallest absolute Gasteiger partial charge is 0.0319 e. The molecule has 0 atom stereocenters. The van der Waals surface area contributed by atoms with Crippen molar-refractivity contribution in [2.45, 2.75) is 6.92 Å². The van der Waals surface area contributed by atoms with Crippen LogP contribution in [0.3, 0.4) is 0 Å². The first kappa shape index (κ1) is 16.9. The standard InChI is InChI=1S/C2H7N.CH4O.H2O/c1-2-3;1-2;/h2-3H2,1H3;2H,1H3;1H2. The number of nitrogens with two attached hydrogens (primary N) is 1. The van der Waals surface area contributed by atoms with Crippen molar-refractivity contribution in [3.8, 4) is 0 Å². The molecule has 3 heteroatoms. The van der Waals surface area contributed by atoms with Gasteiger partial charge in [-0.05, 0) is 6.54 Å². The van der Waals surface area contributed by atoms with Gasteiger partial charge in [0.05, 0.1) is 0 Å². The van der Waals surface area contributed by atoms with Gasteiger partial charge in [0.15, 0.2) is 0 Å². The molecule has 0 aliphatic heterocycles. The second kappa shape index (κ2) is 94.9. The number of rotatable bonds is 0. The molecule has 0 saturated carbocycles. The van der Waals surface area contributed by atoms with Crippen molar-refractivity contribution < 1.29 is 10.6 Å². The Morgan fingerprint density at radius 3 is 1.50 bits per heavy atom. The van der Waals surface area contributed by atoms with Gasteiger partial charge in [0.2, 0.25) is 0 Å². The minimum Gasteiger partial charge on any atom is -0.412 e. The quantitative estimate of drug-likeness (QED) is 0.394. The SMILES string of the molecule is CCN.CO.O. The summed E-state index contributed by atoms with van der Waals surface area (Å²) in [5.74, 6) is 0. The van der Waals surface area contributed by atoms with Crippen molar-refractivity contribution in [2.75, 3.05) is 13.7 Å². The van der Waals surface area contributed by atoms with Gasteiger partial charge in [-0.3, -0.25) is 0 Å². The van der Waals surface area contributed by atoms with Gasteiger partial charge in [0, 0.05) is 7.11 Å². The molecule has 0 heterocycles. The van der Waals surface area contributed by atoms with Crippen LogP contribution < -0.4 is 5.73 Å². The van der Waals surface area contributed by atoms with Gasteiger partial charge >= 0.3 is 0 Å². The first-order chi connectivity index (χ1) is 2.41. The third-order valence-corrected chi connectivity index (χ3v) is 0. The monoisotopic (exact) mass is 95.1 g/mol. The summed E-state index contributed by atoms with van der Waals surface area (Å²) in [7, 11) is 1.00. The highest BCUT2D eigenvalue weighted by molar-refractivity contribution is 4.00. The fourth-order valence-corrected chi connectivity index (χ4v) is 0. The molecule has 0 aromatic heterocycles. The summed E-state index contributed by atoms with van der Waals surface area (Å²) in [6, 6.07) is 0. The van der Waals surface area contributed by atoms with E-state index in [0.29, 0.717) is 0 Å². The van der Waals surface area contributed by atoms with Crippen molar-refractivity contribution in [3.63, 3.8) is 0 Å². The van der Waals surface area contributed by atoms with E-state index >= 15 is 0 Å². The zero-order valence-corrected chi connectivity index (χ0v) is 4.23. The van der Waals surface area contributed by atoms with E-state index in [1.165, 1.54) is 0 Å². The lowest BCUT2D eigenvalue weighted by molar-refractivity contribution is 0.399. The van der Waals surface area contributed by atoms with Crippen molar-refractivity contribution in [1.29, 1.82) is 0 Å². The minimum atomic E-state index is 0. The molecule has 0 fully saturated rings. The zero-order valence-electron chi connectivity index (χ0n) is 4.23. The Morgan fingerprint density at radius 1 is 1.50 bits per heavy atom. The summed E-state index contributed by atoms with van der Waals surface area (Å²) in [6.45, 7) is 2.65. The highest BCUT2D eigenvalue weighted by Crippen LogP contribution is 1.20. The molecule has 0 saturated heterocycles. The van der Waals surface area contributed by atoms with Crippen LogP contribution in [0.15, 0.2) is 0 Å². The molecule has 0 unspecified atom stereocenters. The molecule has 5 N–H and O–H groups in total. The van der Waals surface area contributed by atoms with Gasteiger partial charge in [-0.25, -0.2) is 0 Å². The van der Waals surface area contributed by atoms with Crippen LogP contribution in [0.25, 0.3) is 0 Å². The highest BCUT2D eigenvalue weighted by atomic mass is 16.2. The van der Waals surface area contributed by atoms with Crippen LogP contribution >= 0.6 is 0 Å². The maximum Gasteiger partial charge on any atom is 0.0319 e.